The number of anilines is 1. The molecule has 0 aliphatic heterocycles. The Kier molecular flexibility index (Phi) is 5.58. The van der Waals surface area contributed by atoms with Gasteiger partial charge in [0.1, 0.15) is 5.75 Å². The molecule has 2 nitrogen and oxygen atoms in total. The van der Waals surface area contributed by atoms with Crippen LogP contribution in [0.1, 0.15) is 12.5 Å². The molecule has 2 aromatic rings. The molecule has 1 N–H and O–H groups in total. The smallest absolute Gasteiger partial charge is 0.119 e. The molecule has 20 heavy (non-hydrogen) atoms. The number of benzene rings is 2. The van der Waals surface area contributed by atoms with E-state index in [9.17, 15) is 0 Å². The Morgan fingerprint density at radius 3 is 2.70 bits per heavy atom. The van der Waals surface area contributed by atoms with Crippen molar-refractivity contribution in [3.8, 4) is 5.75 Å². The zero-order valence-corrected chi connectivity index (χ0v) is 14.0. The number of ether oxygens (including phenoxy) is 1. The zero-order chi connectivity index (χ0) is 14.5. The molecule has 0 spiro atoms. The van der Waals surface area contributed by atoms with Crippen molar-refractivity contribution < 1.29 is 4.74 Å². The molecule has 0 radical (unpaired) electrons. The second-order valence-electron chi connectivity index (χ2n) is 4.16. The van der Waals surface area contributed by atoms with Crippen molar-refractivity contribution in [2.45, 2.75) is 13.5 Å². The van der Waals surface area contributed by atoms with E-state index in [-0.39, 0.29) is 0 Å². The Morgan fingerprint density at radius 2 is 1.95 bits per heavy atom. The van der Waals surface area contributed by atoms with E-state index in [2.05, 4.69) is 21.2 Å². The highest BCUT2D eigenvalue weighted by atomic mass is 79.9. The molecule has 2 rings (SSSR count). The van der Waals surface area contributed by atoms with Crippen LogP contribution in [0.3, 0.4) is 0 Å². The van der Waals surface area contributed by atoms with Crippen molar-refractivity contribution in [1.29, 1.82) is 0 Å². The Bertz CT molecular complexity index is 604. The van der Waals surface area contributed by atoms with E-state index in [4.69, 9.17) is 27.9 Å². The maximum atomic E-state index is 6.20. The molecule has 0 heterocycles. The average molecular weight is 375 g/mol. The second kappa shape index (κ2) is 7.21. The minimum atomic E-state index is 0.514. The molecule has 0 amide bonds. The van der Waals surface area contributed by atoms with Crippen LogP contribution in [0.25, 0.3) is 0 Å². The number of nitrogens with one attached hydrogen (secondary N) is 1. The summed E-state index contributed by atoms with van der Waals surface area (Å²) in [4.78, 5) is 0. The van der Waals surface area contributed by atoms with Crippen molar-refractivity contribution in [2.75, 3.05) is 11.9 Å². The maximum absolute atomic E-state index is 6.20. The Labute approximate surface area is 137 Å². The summed E-state index contributed by atoms with van der Waals surface area (Å²) in [6.07, 6.45) is 0. The molecule has 0 aromatic heterocycles. The van der Waals surface area contributed by atoms with E-state index in [0.717, 1.165) is 21.5 Å². The van der Waals surface area contributed by atoms with Crippen molar-refractivity contribution >= 4 is 44.8 Å². The van der Waals surface area contributed by atoms with Gasteiger partial charge in [0.25, 0.3) is 0 Å². The third-order valence-electron chi connectivity index (χ3n) is 2.73. The van der Waals surface area contributed by atoms with Gasteiger partial charge in [-0.2, -0.15) is 0 Å². The molecule has 0 aliphatic rings. The molecule has 0 saturated heterocycles. The van der Waals surface area contributed by atoms with Crippen molar-refractivity contribution in [3.05, 3.63) is 56.5 Å². The first-order valence-electron chi connectivity index (χ1n) is 6.21. The van der Waals surface area contributed by atoms with Crippen LogP contribution in [-0.4, -0.2) is 6.61 Å². The summed E-state index contributed by atoms with van der Waals surface area (Å²) in [5, 5.41) is 4.30. The molecule has 0 aliphatic carbocycles. The van der Waals surface area contributed by atoms with Gasteiger partial charge in [-0.15, -0.1) is 0 Å². The Balaban J connectivity index is 2.09. The monoisotopic (exact) mass is 373 g/mol. The van der Waals surface area contributed by atoms with Gasteiger partial charge >= 0.3 is 0 Å². The molecule has 5 heteroatoms. The molecule has 0 bridgehead atoms. The molecular weight excluding hydrogens is 361 g/mol. The minimum Gasteiger partial charge on any atom is -0.494 e. The minimum absolute atomic E-state index is 0.514. The van der Waals surface area contributed by atoms with Gasteiger partial charge in [0, 0.05) is 11.0 Å². The van der Waals surface area contributed by atoms with E-state index in [1.807, 2.05) is 43.3 Å². The van der Waals surface area contributed by atoms with E-state index in [1.165, 1.54) is 0 Å². The first-order valence-corrected chi connectivity index (χ1v) is 7.75. The van der Waals surface area contributed by atoms with Gasteiger partial charge in [-0.1, -0.05) is 35.3 Å². The van der Waals surface area contributed by atoms with Crippen molar-refractivity contribution in [1.82, 2.24) is 0 Å². The summed E-state index contributed by atoms with van der Waals surface area (Å²) in [6, 6.07) is 11.7. The highest BCUT2D eigenvalue weighted by Crippen LogP contribution is 2.36. The molecule has 0 saturated carbocycles. The van der Waals surface area contributed by atoms with E-state index in [0.29, 0.717) is 23.2 Å². The second-order valence-corrected chi connectivity index (χ2v) is 5.77. The van der Waals surface area contributed by atoms with Crippen LogP contribution in [0.5, 0.6) is 5.75 Å². The van der Waals surface area contributed by atoms with Crippen LogP contribution in [0.2, 0.25) is 10.0 Å². The van der Waals surface area contributed by atoms with Crippen LogP contribution < -0.4 is 10.1 Å². The predicted octanol–water partition coefficient (Wildman–Crippen LogP) is 5.77. The lowest BCUT2D eigenvalue weighted by molar-refractivity contribution is 0.340. The van der Waals surface area contributed by atoms with Crippen LogP contribution >= 0.6 is 39.1 Å². The van der Waals surface area contributed by atoms with Gasteiger partial charge in [0.05, 0.1) is 22.3 Å². The number of rotatable bonds is 5. The molecule has 0 atom stereocenters. The van der Waals surface area contributed by atoms with Gasteiger partial charge in [0.2, 0.25) is 0 Å². The van der Waals surface area contributed by atoms with Gasteiger partial charge in [-0.25, -0.2) is 0 Å². The first-order chi connectivity index (χ1) is 9.61. The molecule has 0 unspecified atom stereocenters. The van der Waals surface area contributed by atoms with Crippen LogP contribution in [0.15, 0.2) is 40.9 Å². The van der Waals surface area contributed by atoms with Gasteiger partial charge < -0.3 is 10.1 Å². The van der Waals surface area contributed by atoms with Crippen LogP contribution in [0, 0.1) is 0 Å². The lowest BCUT2D eigenvalue weighted by Gasteiger charge is -2.11. The third kappa shape index (κ3) is 3.81. The summed E-state index contributed by atoms with van der Waals surface area (Å²) in [7, 11) is 0. The fraction of sp³-hybridized carbons (Fsp3) is 0.200. The Hall–Kier alpha value is -0.900. The number of hydrogen-bond acceptors (Lipinski definition) is 2. The lowest BCUT2D eigenvalue weighted by atomic mass is 10.2. The molecule has 0 fully saturated rings. The zero-order valence-electron chi connectivity index (χ0n) is 10.9. The van der Waals surface area contributed by atoms with E-state index < -0.39 is 0 Å². The third-order valence-corrected chi connectivity index (χ3v) is 4.50. The summed E-state index contributed by atoms with van der Waals surface area (Å²) < 4.78 is 6.26. The summed E-state index contributed by atoms with van der Waals surface area (Å²) >= 11 is 15.6. The standard InChI is InChI=1S/C15H14BrCl2NO/c1-2-20-11-5-3-4-10(8-11)9-19-13-7-6-12(16)14(17)15(13)18/h3-8,19H,2,9H2,1H3. The number of hydrogen-bond donors (Lipinski definition) is 1. The predicted molar refractivity (Wildman–Crippen MR) is 89.1 cm³/mol. The van der Waals surface area contributed by atoms with E-state index >= 15 is 0 Å². The van der Waals surface area contributed by atoms with Crippen LogP contribution in [-0.2, 0) is 6.54 Å². The topological polar surface area (TPSA) is 21.3 Å². The van der Waals surface area contributed by atoms with Crippen LogP contribution in [0.4, 0.5) is 5.69 Å². The average Bonchev–Trinajstić information content (AvgIpc) is 2.45. The SMILES string of the molecule is CCOc1cccc(CNc2ccc(Br)c(Cl)c2Cl)c1. The molecular formula is C15H14BrCl2NO. The fourth-order valence-corrected chi connectivity index (χ4v) is 2.61. The fourth-order valence-electron chi connectivity index (χ4n) is 1.77. The summed E-state index contributed by atoms with van der Waals surface area (Å²) in [6.45, 7) is 3.28. The summed E-state index contributed by atoms with van der Waals surface area (Å²) in [5.74, 6) is 0.867. The quantitative estimate of drug-likeness (QED) is 0.671. The van der Waals surface area contributed by atoms with Crippen molar-refractivity contribution in [2.24, 2.45) is 0 Å². The lowest BCUT2D eigenvalue weighted by Crippen LogP contribution is -2.01. The number of halogens is 3. The Morgan fingerprint density at radius 1 is 1.15 bits per heavy atom. The highest BCUT2D eigenvalue weighted by Gasteiger charge is 2.08. The first kappa shape index (κ1) is 15.5. The van der Waals surface area contributed by atoms with Crippen molar-refractivity contribution in [3.63, 3.8) is 0 Å². The molecule has 2 aromatic carbocycles. The largest absolute Gasteiger partial charge is 0.494 e. The molecule has 106 valence electrons. The normalized spacial score (nSPS) is 10.4. The summed E-state index contributed by atoms with van der Waals surface area (Å²) in [5.41, 5.74) is 1.92. The van der Waals surface area contributed by atoms with Gasteiger partial charge in [0.15, 0.2) is 0 Å². The van der Waals surface area contributed by atoms with E-state index in [1.54, 1.807) is 0 Å². The van der Waals surface area contributed by atoms with Gasteiger partial charge in [-0.3, -0.25) is 0 Å². The van der Waals surface area contributed by atoms with Gasteiger partial charge in [-0.05, 0) is 52.7 Å². The highest BCUT2D eigenvalue weighted by molar-refractivity contribution is 9.10. The maximum Gasteiger partial charge on any atom is 0.119 e.